The second-order valence-electron chi connectivity index (χ2n) is 15.7. The Morgan fingerprint density at radius 2 is 1.39 bits per heavy atom. The molecule has 2 aliphatic rings. The van der Waals surface area contributed by atoms with Gasteiger partial charge in [-0.2, -0.15) is 0 Å². The van der Waals surface area contributed by atoms with Gasteiger partial charge < -0.3 is 4.90 Å². The van der Waals surface area contributed by atoms with Gasteiger partial charge in [-0.15, -0.1) is 0 Å². The van der Waals surface area contributed by atoms with Crippen molar-refractivity contribution in [3.63, 3.8) is 0 Å². The maximum atomic E-state index is 5.42. The Labute approximate surface area is 334 Å². The molecule has 1 atom stereocenters. The van der Waals surface area contributed by atoms with Gasteiger partial charge in [0.15, 0.2) is 0 Å². The summed E-state index contributed by atoms with van der Waals surface area (Å²) in [5.74, 6) is 1.04. The molecule has 1 unspecified atom stereocenters. The average molecular weight is 734 g/mol. The molecule has 0 fully saturated rings. The lowest BCUT2D eigenvalue weighted by Crippen LogP contribution is -2.30. The van der Waals surface area contributed by atoms with E-state index in [2.05, 4.69) is 200 Å². The number of nitrogens with zero attached hydrogens (tertiary/aromatic N) is 3. The lowest BCUT2D eigenvalue weighted by Gasteiger charge is -2.42. The van der Waals surface area contributed by atoms with Gasteiger partial charge in [0.05, 0.1) is 28.1 Å². The van der Waals surface area contributed by atoms with Crippen molar-refractivity contribution in [1.29, 1.82) is 0 Å². The minimum atomic E-state index is -0.170. The van der Waals surface area contributed by atoms with Crippen LogP contribution in [0.25, 0.3) is 49.5 Å². The molecule has 0 saturated carbocycles. The van der Waals surface area contributed by atoms with Gasteiger partial charge in [-0.3, -0.25) is 4.57 Å². The highest BCUT2D eigenvalue weighted by atomic mass is 15.2. The summed E-state index contributed by atoms with van der Waals surface area (Å²) in [7, 11) is 0. The van der Waals surface area contributed by atoms with Crippen molar-refractivity contribution in [3.05, 3.63) is 217 Å². The second-order valence-corrected chi connectivity index (χ2v) is 15.7. The zero-order valence-electron chi connectivity index (χ0n) is 32.4. The van der Waals surface area contributed by atoms with Crippen molar-refractivity contribution in [1.82, 2.24) is 4.57 Å². The van der Waals surface area contributed by atoms with Crippen LogP contribution >= 0.6 is 0 Å². The van der Waals surface area contributed by atoms with Gasteiger partial charge in [0.2, 0.25) is 0 Å². The van der Waals surface area contributed by atoms with E-state index in [9.17, 15) is 0 Å². The molecule has 2 aliphatic heterocycles. The van der Waals surface area contributed by atoms with E-state index < -0.39 is 0 Å². The van der Waals surface area contributed by atoms with E-state index in [0.717, 1.165) is 45.8 Å². The fourth-order valence-corrected chi connectivity index (χ4v) is 9.16. The maximum Gasteiger partial charge on any atom is 0.134 e. The fraction of sp³-hybridized carbons (Fsp3) is 0.0926. The minimum Gasteiger partial charge on any atom is -0.310 e. The van der Waals surface area contributed by atoms with E-state index in [0.29, 0.717) is 0 Å². The number of aliphatic imine (C=N–C) groups is 1. The van der Waals surface area contributed by atoms with Crippen LogP contribution in [0.15, 0.2) is 206 Å². The number of rotatable bonds is 7. The van der Waals surface area contributed by atoms with Crippen LogP contribution in [0.1, 0.15) is 42.9 Å². The molecule has 8 aromatic rings. The van der Waals surface area contributed by atoms with Crippen LogP contribution in [0.5, 0.6) is 0 Å². The molecule has 0 aliphatic carbocycles. The molecule has 10 rings (SSSR count). The number of hydrogen-bond donors (Lipinski definition) is 0. The van der Waals surface area contributed by atoms with Crippen LogP contribution < -0.4 is 4.90 Å². The van der Waals surface area contributed by atoms with Crippen molar-refractivity contribution < 1.29 is 0 Å². The third-order valence-electron chi connectivity index (χ3n) is 12.0. The van der Waals surface area contributed by atoms with Crippen LogP contribution in [0.4, 0.5) is 17.1 Å². The largest absolute Gasteiger partial charge is 0.310 e. The van der Waals surface area contributed by atoms with Crippen molar-refractivity contribution in [2.75, 3.05) is 4.90 Å². The quantitative estimate of drug-likeness (QED) is 0.149. The lowest BCUT2D eigenvalue weighted by molar-refractivity contribution is 0.632. The molecule has 274 valence electrons. The topological polar surface area (TPSA) is 20.5 Å². The summed E-state index contributed by atoms with van der Waals surface area (Å²) < 4.78 is 2.38. The minimum absolute atomic E-state index is 0.134. The molecule has 3 nitrogen and oxygen atoms in total. The summed E-state index contributed by atoms with van der Waals surface area (Å²) in [6.07, 6.45) is 8.87. The number of hydrogen-bond acceptors (Lipinski definition) is 2. The number of benzene rings is 7. The predicted molar refractivity (Wildman–Crippen MR) is 243 cm³/mol. The van der Waals surface area contributed by atoms with Crippen molar-refractivity contribution in [2.24, 2.45) is 4.99 Å². The first-order valence-corrected chi connectivity index (χ1v) is 19.8. The van der Waals surface area contributed by atoms with Crippen molar-refractivity contribution in [2.45, 2.75) is 31.6 Å². The number of aromatic nitrogens is 1. The third-order valence-corrected chi connectivity index (χ3v) is 12.0. The number of para-hydroxylation sites is 2. The van der Waals surface area contributed by atoms with Crippen molar-refractivity contribution in [3.8, 4) is 11.1 Å². The van der Waals surface area contributed by atoms with Gasteiger partial charge in [-0.1, -0.05) is 167 Å². The normalized spacial score (nSPS) is 16.0. The average Bonchev–Trinajstić information content (AvgIpc) is 3.60. The molecule has 1 aromatic heterocycles. The van der Waals surface area contributed by atoms with E-state index in [1.54, 1.807) is 6.08 Å². The number of allylic oxidation sites excluding steroid dienone is 5. The monoisotopic (exact) mass is 733 g/mol. The summed E-state index contributed by atoms with van der Waals surface area (Å²) in [6, 6.07) is 57.6. The smallest absolute Gasteiger partial charge is 0.134 e. The van der Waals surface area contributed by atoms with E-state index >= 15 is 0 Å². The third kappa shape index (κ3) is 5.69. The molecule has 3 heteroatoms. The van der Waals surface area contributed by atoms with Crippen LogP contribution in [0, 0.1) is 0 Å². The highest BCUT2D eigenvalue weighted by Gasteiger charge is 2.37. The Hall–Kier alpha value is -6.97. The SMILES string of the molecule is C=C/C=C\C(=C)C1=NC(n2c3cc(-c4ccc5c(c4)N(c4ccccc4)c4ccccc4C5(C)C)ccc3c3c4ccccc4ccc32)=CC(c2ccccc2)C1. The summed E-state index contributed by atoms with van der Waals surface area (Å²) in [4.78, 5) is 7.86. The highest BCUT2D eigenvalue weighted by molar-refractivity contribution is 6.22. The Morgan fingerprint density at radius 1 is 0.684 bits per heavy atom. The van der Waals surface area contributed by atoms with Gasteiger partial charge in [-0.05, 0) is 86.6 Å². The summed E-state index contributed by atoms with van der Waals surface area (Å²) >= 11 is 0. The molecular formula is C54H43N3. The zero-order valence-corrected chi connectivity index (χ0v) is 32.4. The summed E-state index contributed by atoms with van der Waals surface area (Å²) in [5, 5.41) is 4.89. The van der Waals surface area contributed by atoms with E-state index in [4.69, 9.17) is 4.99 Å². The Morgan fingerprint density at radius 3 is 2.21 bits per heavy atom. The zero-order chi connectivity index (χ0) is 38.7. The number of anilines is 3. The standard InChI is InChI=1S/C54H43N3/c1-5-6-17-36(2)47-32-41(37-18-9-7-10-19-37)35-52(55-47)57-49-31-28-38-20-13-14-23-43(38)53(49)44-29-26-39(33-50(44)57)40-27-30-46-51(34-40)56(42-21-11-8-12-22-42)48-25-16-15-24-45(48)54(46,3)4/h5-31,33-35,41H,1-2,32H2,3-4H3/b17-6-. The van der Waals surface area contributed by atoms with Crippen LogP contribution in [-0.4, -0.2) is 10.3 Å². The molecule has 0 N–H and O–H groups in total. The Balaban J connectivity index is 1.21. The Bertz CT molecular complexity index is 2990. The predicted octanol–water partition coefficient (Wildman–Crippen LogP) is 14.4. The second kappa shape index (κ2) is 13.6. The van der Waals surface area contributed by atoms with Gasteiger partial charge in [0.25, 0.3) is 0 Å². The summed E-state index contributed by atoms with van der Waals surface area (Å²) in [6.45, 7) is 13.0. The summed E-state index contributed by atoms with van der Waals surface area (Å²) in [5.41, 5.74) is 13.7. The fourth-order valence-electron chi connectivity index (χ4n) is 9.16. The molecule has 7 aromatic carbocycles. The van der Waals surface area contributed by atoms with Gasteiger partial charge in [0.1, 0.15) is 5.82 Å². The van der Waals surface area contributed by atoms with Crippen LogP contribution in [0.2, 0.25) is 0 Å². The van der Waals surface area contributed by atoms with E-state index in [1.165, 1.54) is 55.2 Å². The highest BCUT2D eigenvalue weighted by Crippen LogP contribution is 2.53. The first-order valence-electron chi connectivity index (χ1n) is 19.8. The van der Waals surface area contributed by atoms with Gasteiger partial charge in [-0.25, -0.2) is 4.99 Å². The first-order chi connectivity index (χ1) is 27.9. The molecule has 0 amide bonds. The first kappa shape index (κ1) is 34.5. The van der Waals surface area contributed by atoms with Crippen LogP contribution in [0.3, 0.4) is 0 Å². The maximum absolute atomic E-state index is 5.42. The van der Waals surface area contributed by atoms with Crippen LogP contribution in [-0.2, 0) is 5.41 Å². The lowest BCUT2D eigenvalue weighted by atomic mass is 9.73. The Kier molecular flexibility index (Phi) is 8.27. The van der Waals surface area contributed by atoms with Crippen molar-refractivity contribution >= 4 is 61.2 Å². The van der Waals surface area contributed by atoms with Gasteiger partial charge in [0, 0.05) is 34.2 Å². The molecule has 0 spiro atoms. The van der Waals surface area contributed by atoms with E-state index in [1.807, 2.05) is 12.2 Å². The molecule has 0 bridgehead atoms. The molecule has 57 heavy (non-hydrogen) atoms. The molecule has 3 heterocycles. The molecule has 0 saturated heterocycles. The molecular weight excluding hydrogens is 691 g/mol. The number of fused-ring (bicyclic) bond motifs is 7. The molecule has 0 radical (unpaired) electrons. The van der Waals surface area contributed by atoms with E-state index in [-0.39, 0.29) is 11.3 Å². The van der Waals surface area contributed by atoms with Gasteiger partial charge >= 0.3 is 0 Å².